The summed E-state index contributed by atoms with van der Waals surface area (Å²) in [6.45, 7) is 5.97. The first-order valence-electron chi connectivity index (χ1n) is 10.6. The van der Waals surface area contributed by atoms with E-state index in [1.165, 1.54) is 0 Å². The molecular weight excluding hydrogens is 378 g/mol. The molecule has 0 radical (unpaired) electrons. The topological polar surface area (TPSA) is 77.6 Å². The molecule has 3 heterocycles. The summed E-state index contributed by atoms with van der Waals surface area (Å²) in [5.41, 5.74) is 2.69. The number of hydrogen-bond acceptors (Lipinski definition) is 4. The van der Waals surface area contributed by atoms with Crippen molar-refractivity contribution in [3.8, 4) is 0 Å². The van der Waals surface area contributed by atoms with Crippen LogP contribution in [0.15, 0.2) is 48.8 Å². The molecule has 0 bridgehead atoms. The number of hydrogen-bond donors (Lipinski definition) is 2. The van der Waals surface area contributed by atoms with E-state index in [9.17, 15) is 9.59 Å². The maximum absolute atomic E-state index is 12.9. The number of fused-ring (bicyclic) bond motifs is 2. The van der Waals surface area contributed by atoms with Crippen LogP contribution in [0.2, 0.25) is 0 Å². The van der Waals surface area contributed by atoms with Crippen LogP contribution >= 0.6 is 0 Å². The van der Waals surface area contributed by atoms with Crippen molar-refractivity contribution in [3.63, 3.8) is 0 Å². The average Bonchev–Trinajstić information content (AvgIpc) is 3.03. The molecule has 0 spiro atoms. The summed E-state index contributed by atoms with van der Waals surface area (Å²) in [4.78, 5) is 33.7. The lowest BCUT2D eigenvalue weighted by Gasteiger charge is -2.30. The van der Waals surface area contributed by atoms with E-state index in [1.54, 1.807) is 24.5 Å². The van der Waals surface area contributed by atoms with Gasteiger partial charge in [0.2, 0.25) is 0 Å². The minimum Gasteiger partial charge on any atom is -0.350 e. The van der Waals surface area contributed by atoms with E-state index in [0.717, 1.165) is 30.6 Å². The molecule has 7 nitrogen and oxygen atoms in total. The molecule has 1 fully saturated rings. The minimum absolute atomic E-state index is 0.0485. The number of para-hydroxylation sites is 1. The largest absolute Gasteiger partial charge is 0.350 e. The fourth-order valence-corrected chi connectivity index (χ4v) is 4.43. The van der Waals surface area contributed by atoms with E-state index in [1.807, 2.05) is 36.9 Å². The zero-order chi connectivity index (χ0) is 21.1. The van der Waals surface area contributed by atoms with Crippen molar-refractivity contribution in [3.05, 3.63) is 59.9 Å². The van der Waals surface area contributed by atoms with Crippen LogP contribution in [0.3, 0.4) is 0 Å². The van der Waals surface area contributed by atoms with E-state index in [-0.39, 0.29) is 30.1 Å². The molecule has 0 saturated carbocycles. The number of pyridine rings is 1. The van der Waals surface area contributed by atoms with E-state index in [2.05, 4.69) is 26.6 Å². The van der Waals surface area contributed by atoms with E-state index in [4.69, 9.17) is 0 Å². The maximum Gasteiger partial charge on any atom is 0.322 e. The Balaban J connectivity index is 1.49. The average molecular weight is 408 g/mol. The van der Waals surface area contributed by atoms with Crippen LogP contribution in [0.25, 0.3) is 0 Å². The number of amides is 3. The first kappa shape index (κ1) is 20.3. The molecule has 4 rings (SSSR count). The normalized spacial score (nSPS) is 21.0. The highest BCUT2D eigenvalue weighted by Gasteiger charge is 2.38. The summed E-state index contributed by atoms with van der Waals surface area (Å²) < 4.78 is 0. The molecule has 3 amide bonds. The summed E-state index contributed by atoms with van der Waals surface area (Å²) in [5, 5.41) is 6.10. The van der Waals surface area contributed by atoms with E-state index in [0.29, 0.717) is 18.7 Å². The lowest BCUT2D eigenvalue weighted by atomic mass is 10.1. The lowest BCUT2D eigenvalue weighted by molar-refractivity contribution is 0.0934. The highest BCUT2D eigenvalue weighted by Crippen LogP contribution is 2.34. The third-order valence-corrected chi connectivity index (χ3v) is 5.88. The fourth-order valence-electron chi connectivity index (χ4n) is 4.43. The first-order chi connectivity index (χ1) is 14.5. The van der Waals surface area contributed by atoms with E-state index < -0.39 is 0 Å². The molecule has 0 unspecified atom stereocenters. The van der Waals surface area contributed by atoms with Gasteiger partial charge in [-0.05, 0) is 50.5 Å². The Bertz CT molecular complexity index is 901. The molecule has 2 aromatic rings. The Morgan fingerprint density at radius 1 is 1.17 bits per heavy atom. The fraction of sp³-hybridized carbons (Fsp3) is 0.435. The Morgan fingerprint density at radius 3 is 2.77 bits per heavy atom. The monoisotopic (exact) mass is 407 g/mol. The van der Waals surface area contributed by atoms with Gasteiger partial charge in [0.05, 0.1) is 5.56 Å². The maximum atomic E-state index is 12.9. The summed E-state index contributed by atoms with van der Waals surface area (Å²) in [7, 11) is 0. The molecule has 2 aliphatic heterocycles. The first-order valence-corrected chi connectivity index (χ1v) is 10.6. The molecule has 30 heavy (non-hydrogen) atoms. The molecule has 1 aromatic heterocycles. The summed E-state index contributed by atoms with van der Waals surface area (Å²) in [6, 6.07) is 12.2. The molecule has 1 saturated heterocycles. The second kappa shape index (κ2) is 8.83. The highest BCUT2D eigenvalue weighted by molar-refractivity contribution is 5.94. The summed E-state index contributed by atoms with van der Waals surface area (Å²) >= 11 is 0. The van der Waals surface area contributed by atoms with Crippen LogP contribution in [0.4, 0.5) is 10.5 Å². The van der Waals surface area contributed by atoms with Gasteiger partial charge in [-0.15, -0.1) is 0 Å². The Hall–Kier alpha value is -2.93. The number of anilines is 1. The number of benzene rings is 1. The molecule has 158 valence electrons. The third-order valence-electron chi connectivity index (χ3n) is 5.88. The van der Waals surface area contributed by atoms with Crippen LogP contribution in [-0.2, 0) is 6.54 Å². The lowest BCUT2D eigenvalue weighted by Crippen LogP contribution is -2.49. The molecule has 2 aliphatic rings. The molecule has 2 atom stereocenters. The molecular formula is C23H29N5O2. The van der Waals surface area contributed by atoms with Gasteiger partial charge in [0.1, 0.15) is 0 Å². The summed E-state index contributed by atoms with van der Waals surface area (Å²) in [6.07, 6.45) is 5.25. The van der Waals surface area contributed by atoms with Gasteiger partial charge in [0, 0.05) is 55.8 Å². The van der Waals surface area contributed by atoms with Gasteiger partial charge in [0.15, 0.2) is 0 Å². The zero-order valence-electron chi connectivity index (χ0n) is 17.5. The smallest absolute Gasteiger partial charge is 0.322 e. The van der Waals surface area contributed by atoms with Crippen molar-refractivity contribution in [1.82, 2.24) is 20.5 Å². The molecule has 0 aliphatic carbocycles. The van der Waals surface area contributed by atoms with Crippen molar-refractivity contribution in [2.75, 3.05) is 18.0 Å². The Morgan fingerprint density at radius 2 is 2.00 bits per heavy atom. The predicted octanol–water partition coefficient (Wildman–Crippen LogP) is 2.78. The number of urea groups is 1. The van der Waals surface area contributed by atoms with Crippen LogP contribution in [0.1, 0.15) is 42.6 Å². The quantitative estimate of drug-likeness (QED) is 0.817. The van der Waals surface area contributed by atoms with Crippen molar-refractivity contribution in [2.24, 2.45) is 0 Å². The number of carbonyl (C=O) groups is 2. The number of carbonyl (C=O) groups excluding carboxylic acids is 2. The number of aromatic nitrogens is 1. The van der Waals surface area contributed by atoms with E-state index >= 15 is 0 Å². The van der Waals surface area contributed by atoms with Gasteiger partial charge >= 0.3 is 6.03 Å². The van der Waals surface area contributed by atoms with Crippen molar-refractivity contribution >= 4 is 17.6 Å². The van der Waals surface area contributed by atoms with Gasteiger partial charge in [0.25, 0.3) is 5.91 Å². The Labute approximate surface area is 177 Å². The second-order valence-electron chi connectivity index (χ2n) is 8.35. The standard InChI is InChI=1S/C23H29N5O2/c1-16(2)26-23(30)28-15-20-10-9-19(13-25-22(29)17-7-5-11-24-12-17)27(20)14-18-6-3-4-8-21(18)28/h3-8,11-12,16,19-20H,9-10,13-15H2,1-2H3,(H,25,29)(H,26,30)/t19-,20+/m0/s1. The van der Waals surface area contributed by atoms with Gasteiger partial charge < -0.3 is 10.6 Å². The third kappa shape index (κ3) is 4.31. The number of rotatable bonds is 4. The minimum atomic E-state index is -0.0975. The SMILES string of the molecule is CC(C)NC(=O)N1C[C@H]2CC[C@@H](CNC(=O)c3cccnc3)N2Cc2ccccc21. The second-order valence-corrected chi connectivity index (χ2v) is 8.35. The summed E-state index contributed by atoms with van der Waals surface area (Å²) in [5.74, 6) is -0.0975. The number of nitrogens with zero attached hydrogens (tertiary/aromatic N) is 3. The van der Waals surface area contributed by atoms with Crippen LogP contribution < -0.4 is 15.5 Å². The van der Waals surface area contributed by atoms with Crippen molar-refractivity contribution in [1.29, 1.82) is 0 Å². The molecule has 1 aromatic carbocycles. The van der Waals surface area contributed by atoms with Gasteiger partial charge in [-0.2, -0.15) is 0 Å². The van der Waals surface area contributed by atoms with Crippen LogP contribution in [-0.4, -0.2) is 53.0 Å². The predicted molar refractivity (Wildman–Crippen MR) is 116 cm³/mol. The van der Waals surface area contributed by atoms with Gasteiger partial charge in [-0.3, -0.25) is 19.6 Å². The van der Waals surface area contributed by atoms with Gasteiger partial charge in [-0.25, -0.2) is 4.79 Å². The van der Waals surface area contributed by atoms with Crippen molar-refractivity contribution < 1.29 is 9.59 Å². The van der Waals surface area contributed by atoms with Gasteiger partial charge in [-0.1, -0.05) is 18.2 Å². The van der Waals surface area contributed by atoms with Crippen LogP contribution in [0, 0.1) is 0 Å². The number of nitrogens with one attached hydrogen (secondary N) is 2. The highest BCUT2D eigenvalue weighted by atomic mass is 16.2. The molecule has 7 heteroatoms. The molecule has 2 N–H and O–H groups in total. The zero-order valence-corrected chi connectivity index (χ0v) is 17.5. The van der Waals surface area contributed by atoms with Crippen LogP contribution in [0.5, 0.6) is 0 Å². The van der Waals surface area contributed by atoms with Crippen molar-refractivity contribution in [2.45, 2.75) is 51.4 Å². The Kier molecular flexibility index (Phi) is 5.99.